The van der Waals surface area contributed by atoms with Gasteiger partial charge in [-0.15, -0.1) is 0 Å². The van der Waals surface area contributed by atoms with Gasteiger partial charge in [0, 0.05) is 41.6 Å². The summed E-state index contributed by atoms with van der Waals surface area (Å²) in [5.41, 5.74) is 1.81. The van der Waals surface area contributed by atoms with Crippen LogP contribution in [0.25, 0.3) is 10.9 Å². The van der Waals surface area contributed by atoms with Gasteiger partial charge >= 0.3 is 0 Å². The summed E-state index contributed by atoms with van der Waals surface area (Å²) in [4.78, 5) is 3.10. The predicted molar refractivity (Wildman–Crippen MR) is 82.7 cm³/mol. The highest BCUT2D eigenvalue weighted by Gasteiger charge is 2.48. The quantitative estimate of drug-likeness (QED) is 0.878. The van der Waals surface area contributed by atoms with Gasteiger partial charge < -0.3 is 10.3 Å². The zero-order valence-electron chi connectivity index (χ0n) is 12.2. The molecule has 2 N–H and O–H groups in total. The third-order valence-corrected chi connectivity index (χ3v) is 6.19. The molecular weight excluding hydrogens is 305 g/mol. The summed E-state index contributed by atoms with van der Waals surface area (Å²) in [6, 6.07) is 4.83. The lowest BCUT2D eigenvalue weighted by Gasteiger charge is -2.19. The molecular formula is C15H18FN3O2S. The fourth-order valence-corrected chi connectivity index (χ4v) is 5.15. The first-order chi connectivity index (χ1) is 10.4. The molecule has 118 valence electrons. The molecule has 3 atom stereocenters. The molecule has 2 fully saturated rings. The van der Waals surface area contributed by atoms with Gasteiger partial charge in [-0.1, -0.05) is 0 Å². The molecule has 1 aromatic carbocycles. The van der Waals surface area contributed by atoms with Gasteiger partial charge in [0.05, 0.1) is 6.26 Å². The average molecular weight is 323 g/mol. The number of hydrogen-bond donors (Lipinski definition) is 2. The van der Waals surface area contributed by atoms with Gasteiger partial charge in [0.2, 0.25) is 10.0 Å². The minimum absolute atomic E-state index is 0.0189. The maximum absolute atomic E-state index is 13.3. The summed E-state index contributed by atoms with van der Waals surface area (Å²) >= 11 is 0. The van der Waals surface area contributed by atoms with E-state index >= 15 is 0 Å². The van der Waals surface area contributed by atoms with E-state index in [4.69, 9.17) is 0 Å². The van der Waals surface area contributed by atoms with E-state index in [0.717, 1.165) is 29.4 Å². The SMILES string of the molecule is CS(=O)(=O)N1C[C@@H](c2c[nH]c3cc(F)ccc23)[C@H]2NCC[C@H]21. The summed E-state index contributed by atoms with van der Waals surface area (Å²) in [5.74, 6) is -0.191. The van der Waals surface area contributed by atoms with Crippen molar-refractivity contribution in [3.8, 4) is 0 Å². The van der Waals surface area contributed by atoms with E-state index in [1.165, 1.54) is 18.4 Å². The molecule has 3 heterocycles. The molecule has 0 spiro atoms. The van der Waals surface area contributed by atoms with E-state index in [-0.39, 0.29) is 23.8 Å². The van der Waals surface area contributed by atoms with E-state index in [0.29, 0.717) is 6.54 Å². The molecule has 7 heteroatoms. The molecule has 2 saturated heterocycles. The van der Waals surface area contributed by atoms with Crippen molar-refractivity contribution in [1.82, 2.24) is 14.6 Å². The summed E-state index contributed by atoms with van der Waals surface area (Å²) in [6.07, 6.45) is 4.00. The molecule has 0 unspecified atom stereocenters. The summed E-state index contributed by atoms with van der Waals surface area (Å²) < 4.78 is 39.0. The molecule has 2 aliphatic rings. The summed E-state index contributed by atoms with van der Waals surface area (Å²) in [5, 5.41) is 4.41. The summed E-state index contributed by atoms with van der Waals surface area (Å²) in [7, 11) is -3.22. The van der Waals surface area contributed by atoms with Gasteiger partial charge in [-0.2, -0.15) is 4.31 Å². The monoisotopic (exact) mass is 323 g/mol. The minimum atomic E-state index is -3.22. The number of hydrogen-bond acceptors (Lipinski definition) is 3. The summed E-state index contributed by atoms with van der Waals surface area (Å²) in [6.45, 7) is 1.31. The van der Waals surface area contributed by atoms with E-state index in [9.17, 15) is 12.8 Å². The van der Waals surface area contributed by atoms with Gasteiger partial charge in [-0.3, -0.25) is 0 Å². The van der Waals surface area contributed by atoms with Crippen molar-refractivity contribution in [2.45, 2.75) is 24.4 Å². The zero-order chi connectivity index (χ0) is 15.5. The van der Waals surface area contributed by atoms with Crippen molar-refractivity contribution < 1.29 is 12.8 Å². The lowest BCUT2D eigenvalue weighted by Crippen LogP contribution is -2.38. The zero-order valence-corrected chi connectivity index (χ0v) is 13.0. The van der Waals surface area contributed by atoms with Crippen LogP contribution < -0.4 is 5.32 Å². The predicted octanol–water partition coefficient (Wildman–Crippen LogP) is 1.40. The van der Waals surface area contributed by atoms with Crippen LogP contribution in [0.2, 0.25) is 0 Å². The molecule has 0 aliphatic carbocycles. The van der Waals surface area contributed by atoms with E-state index in [1.807, 2.05) is 6.20 Å². The lowest BCUT2D eigenvalue weighted by atomic mass is 9.92. The second kappa shape index (κ2) is 4.78. The highest BCUT2D eigenvalue weighted by atomic mass is 32.2. The Balaban J connectivity index is 1.78. The second-order valence-electron chi connectivity index (χ2n) is 6.21. The van der Waals surface area contributed by atoms with Crippen LogP contribution in [0, 0.1) is 5.82 Å². The van der Waals surface area contributed by atoms with Crippen LogP contribution in [0.15, 0.2) is 24.4 Å². The molecule has 0 amide bonds. The molecule has 4 rings (SSSR count). The Kier molecular flexibility index (Phi) is 3.08. The average Bonchev–Trinajstić information content (AvgIpc) is 3.09. The Morgan fingerprint density at radius 1 is 1.36 bits per heavy atom. The number of sulfonamides is 1. The third kappa shape index (κ3) is 2.07. The molecule has 5 nitrogen and oxygen atoms in total. The molecule has 2 aliphatic heterocycles. The standard InChI is InChI=1S/C15H18FN3O2S/c1-22(20,21)19-8-12(15-14(19)4-5-17-15)11-7-18-13-6-9(16)2-3-10(11)13/h2-3,6-7,12,14-15,17-18H,4-5,8H2,1H3/t12-,14+,15+/m0/s1. The number of benzene rings is 1. The fourth-order valence-electron chi connectivity index (χ4n) is 3.99. The Morgan fingerprint density at radius 3 is 2.95 bits per heavy atom. The van der Waals surface area contributed by atoms with Crippen LogP contribution in [0.5, 0.6) is 0 Å². The Labute approximate surface area is 128 Å². The molecule has 0 bridgehead atoms. The van der Waals surface area contributed by atoms with Gasteiger partial charge in [0.25, 0.3) is 0 Å². The van der Waals surface area contributed by atoms with Crippen LogP contribution in [0.4, 0.5) is 4.39 Å². The maximum Gasteiger partial charge on any atom is 0.211 e. The van der Waals surface area contributed by atoms with Crippen LogP contribution in [0.1, 0.15) is 17.9 Å². The van der Waals surface area contributed by atoms with Crippen molar-refractivity contribution >= 4 is 20.9 Å². The number of aromatic amines is 1. The number of rotatable bonds is 2. The largest absolute Gasteiger partial charge is 0.361 e. The van der Waals surface area contributed by atoms with Crippen molar-refractivity contribution in [2.24, 2.45) is 0 Å². The fraction of sp³-hybridized carbons (Fsp3) is 0.467. The Hall–Kier alpha value is -1.44. The molecule has 0 saturated carbocycles. The lowest BCUT2D eigenvalue weighted by molar-refractivity contribution is 0.389. The Bertz CT molecular complexity index is 832. The molecule has 0 radical (unpaired) electrons. The smallest absolute Gasteiger partial charge is 0.211 e. The maximum atomic E-state index is 13.3. The normalized spacial score (nSPS) is 29.3. The first-order valence-corrected chi connectivity index (χ1v) is 9.27. The van der Waals surface area contributed by atoms with E-state index < -0.39 is 10.0 Å². The first kappa shape index (κ1) is 14.2. The number of nitrogens with one attached hydrogen (secondary N) is 2. The first-order valence-electron chi connectivity index (χ1n) is 7.42. The number of halogens is 1. The van der Waals surface area contributed by atoms with Crippen molar-refractivity contribution in [1.29, 1.82) is 0 Å². The molecule has 2 aromatic rings. The highest BCUT2D eigenvalue weighted by molar-refractivity contribution is 7.88. The van der Waals surface area contributed by atoms with Gasteiger partial charge in [-0.25, -0.2) is 12.8 Å². The van der Waals surface area contributed by atoms with Gasteiger partial charge in [-0.05, 0) is 36.7 Å². The second-order valence-corrected chi connectivity index (χ2v) is 8.14. The van der Waals surface area contributed by atoms with Crippen molar-refractivity contribution in [2.75, 3.05) is 19.3 Å². The van der Waals surface area contributed by atoms with Crippen LogP contribution in [0.3, 0.4) is 0 Å². The van der Waals surface area contributed by atoms with Crippen LogP contribution in [-0.4, -0.2) is 49.1 Å². The van der Waals surface area contributed by atoms with Gasteiger partial charge in [0.1, 0.15) is 5.82 Å². The van der Waals surface area contributed by atoms with Crippen molar-refractivity contribution in [3.63, 3.8) is 0 Å². The topological polar surface area (TPSA) is 65.2 Å². The number of nitrogens with zero attached hydrogens (tertiary/aromatic N) is 1. The van der Waals surface area contributed by atoms with E-state index in [1.54, 1.807) is 10.4 Å². The highest BCUT2D eigenvalue weighted by Crippen LogP contribution is 2.40. The number of aromatic nitrogens is 1. The number of fused-ring (bicyclic) bond motifs is 2. The van der Waals surface area contributed by atoms with E-state index in [2.05, 4.69) is 10.3 Å². The molecule has 1 aromatic heterocycles. The number of H-pyrrole nitrogens is 1. The van der Waals surface area contributed by atoms with Crippen LogP contribution in [-0.2, 0) is 10.0 Å². The van der Waals surface area contributed by atoms with Crippen LogP contribution >= 0.6 is 0 Å². The van der Waals surface area contributed by atoms with Gasteiger partial charge in [0.15, 0.2) is 0 Å². The molecule has 22 heavy (non-hydrogen) atoms. The van der Waals surface area contributed by atoms with Crippen molar-refractivity contribution in [3.05, 3.63) is 35.8 Å². The minimum Gasteiger partial charge on any atom is -0.361 e. The third-order valence-electron chi connectivity index (χ3n) is 4.92. The Morgan fingerprint density at radius 2 is 2.18 bits per heavy atom.